The first kappa shape index (κ1) is 19.4. The molecule has 1 aromatic carbocycles. The lowest BCUT2D eigenvalue weighted by atomic mass is 10.1. The van der Waals surface area contributed by atoms with Gasteiger partial charge in [-0.1, -0.05) is 12.1 Å². The summed E-state index contributed by atoms with van der Waals surface area (Å²) in [6.45, 7) is 3.02. The summed E-state index contributed by atoms with van der Waals surface area (Å²) in [5.74, 6) is 1.94. The van der Waals surface area contributed by atoms with Crippen LogP contribution in [0, 0.1) is 0 Å². The summed E-state index contributed by atoms with van der Waals surface area (Å²) in [4.78, 5) is 22.5. The average molecular weight is 416 g/mol. The highest BCUT2D eigenvalue weighted by molar-refractivity contribution is 5.47. The predicted molar refractivity (Wildman–Crippen MR) is 117 cm³/mol. The number of benzene rings is 1. The second-order valence-corrected chi connectivity index (χ2v) is 7.75. The molecule has 0 saturated carbocycles. The molecule has 158 valence electrons. The van der Waals surface area contributed by atoms with Crippen molar-refractivity contribution in [3.8, 4) is 17.3 Å². The van der Waals surface area contributed by atoms with Gasteiger partial charge in [-0.15, -0.1) is 0 Å². The zero-order valence-electron chi connectivity index (χ0n) is 17.4. The van der Waals surface area contributed by atoms with Gasteiger partial charge in [0.25, 0.3) is 5.56 Å². The zero-order valence-corrected chi connectivity index (χ0v) is 17.4. The lowest BCUT2D eigenvalue weighted by Crippen LogP contribution is -2.35. The van der Waals surface area contributed by atoms with Crippen LogP contribution < -0.4 is 10.3 Å². The number of nitrogens with zero attached hydrogens (tertiary/aromatic N) is 3. The van der Waals surface area contributed by atoms with Crippen LogP contribution in [-0.2, 0) is 26.1 Å². The van der Waals surface area contributed by atoms with Crippen molar-refractivity contribution in [1.29, 1.82) is 0 Å². The number of H-pyrrole nitrogens is 1. The minimum absolute atomic E-state index is 0.0882. The molecule has 31 heavy (non-hydrogen) atoms. The van der Waals surface area contributed by atoms with Crippen molar-refractivity contribution in [2.24, 2.45) is 0 Å². The molecule has 4 aromatic rings. The van der Waals surface area contributed by atoms with Gasteiger partial charge in [-0.2, -0.15) is 0 Å². The van der Waals surface area contributed by atoms with E-state index in [0.29, 0.717) is 18.1 Å². The number of nitrogens with one attached hydrogen (secondary N) is 1. The molecule has 0 radical (unpaired) electrons. The molecule has 7 nitrogen and oxygen atoms in total. The van der Waals surface area contributed by atoms with Crippen molar-refractivity contribution < 1.29 is 9.15 Å². The Labute approximate surface area is 179 Å². The average Bonchev–Trinajstić information content (AvgIpc) is 3.47. The quantitative estimate of drug-likeness (QED) is 0.521. The standard InChI is InChI=1S/C24H24N4O3/c1-30-19-8-6-17(7-9-19)14-28-11-2-4-18(28)15-27-12-10-21-20(16-27)24(29)26-23(25-21)22-5-3-13-31-22/h2-9,11,13H,10,12,14-16H2,1H3,(H,25,26,29). The fraction of sp³-hybridized carbons (Fsp3) is 0.250. The van der Waals surface area contributed by atoms with Crippen molar-refractivity contribution in [3.05, 3.63) is 93.9 Å². The highest BCUT2D eigenvalue weighted by Gasteiger charge is 2.22. The van der Waals surface area contributed by atoms with Gasteiger partial charge in [0.1, 0.15) is 5.75 Å². The van der Waals surface area contributed by atoms with Crippen molar-refractivity contribution >= 4 is 0 Å². The topological polar surface area (TPSA) is 76.3 Å². The van der Waals surface area contributed by atoms with Gasteiger partial charge in [0.15, 0.2) is 11.6 Å². The Hall–Kier alpha value is -3.58. The number of methoxy groups -OCH3 is 1. The number of aromatic amines is 1. The molecule has 1 N–H and O–H groups in total. The van der Waals surface area contributed by atoms with E-state index in [-0.39, 0.29) is 5.56 Å². The van der Waals surface area contributed by atoms with E-state index in [1.54, 1.807) is 25.5 Å². The van der Waals surface area contributed by atoms with E-state index in [1.807, 2.05) is 12.1 Å². The van der Waals surface area contributed by atoms with E-state index in [1.165, 1.54) is 11.3 Å². The largest absolute Gasteiger partial charge is 0.497 e. The van der Waals surface area contributed by atoms with Gasteiger partial charge < -0.3 is 18.7 Å². The van der Waals surface area contributed by atoms with E-state index in [2.05, 4.69) is 49.9 Å². The maximum Gasteiger partial charge on any atom is 0.256 e. The molecule has 7 heteroatoms. The highest BCUT2D eigenvalue weighted by atomic mass is 16.5. The van der Waals surface area contributed by atoms with Gasteiger partial charge in [-0.25, -0.2) is 4.98 Å². The van der Waals surface area contributed by atoms with Crippen LogP contribution in [-0.4, -0.2) is 33.1 Å². The van der Waals surface area contributed by atoms with Crippen LogP contribution in [0.25, 0.3) is 11.6 Å². The van der Waals surface area contributed by atoms with Crippen LogP contribution in [0.1, 0.15) is 22.5 Å². The van der Waals surface area contributed by atoms with Crippen molar-refractivity contribution in [3.63, 3.8) is 0 Å². The van der Waals surface area contributed by atoms with E-state index in [0.717, 1.165) is 43.1 Å². The molecular weight excluding hydrogens is 392 g/mol. The molecule has 1 aliphatic heterocycles. The Morgan fingerprint density at radius 2 is 2.00 bits per heavy atom. The first-order chi connectivity index (χ1) is 15.2. The third-order valence-electron chi connectivity index (χ3n) is 5.72. The van der Waals surface area contributed by atoms with Crippen LogP contribution >= 0.6 is 0 Å². The third kappa shape index (κ3) is 4.04. The molecule has 0 spiro atoms. The molecule has 3 aromatic heterocycles. The Morgan fingerprint density at radius 1 is 1.13 bits per heavy atom. The smallest absolute Gasteiger partial charge is 0.256 e. The monoisotopic (exact) mass is 416 g/mol. The maximum absolute atomic E-state index is 12.7. The van der Waals surface area contributed by atoms with Gasteiger partial charge in [0.2, 0.25) is 0 Å². The third-order valence-corrected chi connectivity index (χ3v) is 5.72. The predicted octanol–water partition coefficient (Wildman–Crippen LogP) is 3.45. The van der Waals surface area contributed by atoms with Gasteiger partial charge in [-0.3, -0.25) is 9.69 Å². The second-order valence-electron chi connectivity index (χ2n) is 7.75. The minimum Gasteiger partial charge on any atom is -0.497 e. The molecule has 1 aliphatic rings. The van der Waals surface area contributed by atoms with Crippen LogP contribution in [0.3, 0.4) is 0 Å². The zero-order chi connectivity index (χ0) is 21.2. The highest BCUT2D eigenvalue weighted by Crippen LogP contribution is 2.21. The summed E-state index contributed by atoms with van der Waals surface area (Å²) in [5.41, 5.74) is 3.95. The first-order valence-electron chi connectivity index (χ1n) is 10.3. The van der Waals surface area contributed by atoms with E-state index in [4.69, 9.17) is 9.15 Å². The van der Waals surface area contributed by atoms with E-state index >= 15 is 0 Å². The van der Waals surface area contributed by atoms with Crippen LogP contribution in [0.15, 0.2) is 70.2 Å². The summed E-state index contributed by atoms with van der Waals surface area (Å²) < 4.78 is 12.9. The normalized spacial score (nSPS) is 13.8. The molecule has 0 bridgehead atoms. The van der Waals surface area contributed by atoms with Gasteiger partial charge in [-0.05, 0) is 42.0 Å². The Balaban J connectivity index is 1.31. The second kappa shape index (κ2) is 8.28. The summed E-state index contributed by atoms with van der Waals surface area (Å²) in [5, 5.41) is 0. The number of furan rings is 1. The summed E-state index contributed by atoms with van der Waals surface area (Å²) in [6, 6.07) is 15.9. The lowest BCUT2D eigenvalue weighted by Gasteiger charge is -2.28. The maximum atomic E-state index is 12.7. The molecular formula is C24H24N4O3. The number of fused-ring (bicyclic) bond motifs is 1. The lowest BCUT2D eigenvalue weighted by molar-refractivity contribution is 0.236. The number of hydrogen-bond acceptors (Lipinski definition) is 5. The molecule has 0 unspecified atom stereocenters. The van der Waals surface area contributed by atoms with Gasteiger partial charge in [0, 0.05) is 44.5 Å². The molecule has 0 saturated heterocycles. The van der Waals surface area contributed by atoms with Crippen LogP contribution in [0.2, 0.25) is 0 Å². The fourth-order valence-electron chi connectivity index (χ4n) is 4.05. The van der Waals surface area contributed by atoms with Gasteiger partial charge in [0.05, 0.1) is 24.6 Å². The van der Waals surface area contributed by atoms with Gasteiger partial charge >= 0.3 is 0 Å². The SMILES string of the molecule is COc1ccc(Cn2cccc2CN2CCc3nc(-c4ccco4)[nH]c(=O)c3C2)cc1. The number of rotatable bonds is 6. The summed E-state index contributed by atoms with van der Waals surface area (Å²) in [6.07, 6.45) is 4.42. The molecule has 0 fully saturated rings. The summed E-state index contributed by atoms with van der Waals surface area (Å²) in [7, 11) is 1.67. The Bertz CT molecular complexity index is 1220. The Morgan fingerprint density at radius 3 is 2.77 bits per heavy atom. The van der Waals surface area contributed by atoms with Crippen molar-refractivity contribution in [1.82, 2.24) is 19.4 Å². The number of ether oxygens (including phenoxy) is 1. The number of hydrogen-bond donors (Lipinski definition) is 1. The van der Waals surface area contributed by atoms with E-state index < -0.39 is 0 Å². The summed E-state index contributed by atoms with van der Waals surface area (Å²) >= 11 is 0. The molecule has 4 heterocycles. The van der Waals surface area contributed by atoms with Crippen molar-refractivity contribution in [2.75, 3.05) is 13.7 Å². The van der Waals surface area contributed by atoms with Crippen LogP contribution in [0.4, 0.5) is 0 Å². The molecule has 0 atom stereocenters. The molecule has 5 rings (SSSR count). The van der Waals surface area contributed by atoms with Crippen LogP contribution in [0.5, 0.6) is 5.75 Å². The van der Waals surface area contributed by atoms with E-state index in [9.17, 15) is 4.79 Å². The number of aromatic nitrogens is 3. The molecule has 0 aliphatic carbocycles. The minimum atomic E-state index is -0.0882. The molecule has 0 amide bonds. The van der Waals surface area contributed by atoms with Crippen molar-refractivity contribution in [2.45, 2.75) is 26.1 Å². The fourth-order valence-corrected chi connectivity index (χ4v) is 4.05. The Kier molecular flexibility index (Phi) is 5.18. The first-order valence-corrected chi connectivity index (χ1v) is 10.3.